The normalized spacial score (nSPS) is 20.2. The molecule has 2 heterocycles. The molecule has 10 nitrogen and oxygen atoms in total. The van der Waals surface area contributed by atoms with Gasteiger partial charge in [-0.2, -0.15) is 0 Å². The molecule has 1 aliphatic heterocycles. The molecular formula is C35H44N4O6. The highest BCUT2D eigenvalue weighted by molar-refractivity contribution is 6.05. The lowest BCUT2D eigenvalue weighted by Crippen LogP contribution is -2.48. The Bertz CT molecular complexity index is 1420. The third-order valence-electron chi connectivity index (χ3n) is 8.07. The van der Waals surface area contributed by atoms with Crippen LogP contribution in [-0.2, 0) is 4.74 Å². The minimum absolute atomic E-state index is 0.144. The van der Waals surface area contributed by atoms with E-state index in [0.717, 1.165) is 19.3 Å². The van der Waals surface area contributed by atoms with Crippen molar-refractivity contribution in [1.82, 2.24) is 14.8 Å². The molecule has 4 atom stereocenters. The van der Waals surface area contributed by atoms with Gasteiger partial charge >= 0.3 is 0 Å². The Kier molecular flexibility index (Phi) is 12.1. The summed E-state index contributed by atoms with van der Waals surface area (Å²) in [6, 6.07) is 16.8. The first kappa shape index (κ1) is 33.6. The van der Waals surface area contributed by atoms with Crippen LogP contribution in [0.4, 0.5) is 5.69 Å². The first-order valence-corrected chi connectivity index (χ1v) is 15.5. The predicted octanol–water partition coefficient (Wildman–Crippen LogP) is 4.90. The van der Waals surface area contributed by atoms with E-state index in [4.69, 9.17) is 9.47 Å². The molecule has 10 heteroatoms. The van der Waals surface area contributed by atoms with E-state index < -0.39 is 6.04 Å². The summed E-state index contributed by atoms with van der Waals surface area (Å²) in [4.78, 5) is 47.6. The molecule has 1 aliphatic rings. The fourth-order valence-electron chi connectivity index (χ4n) is 5.32. The van der Waals surface area contributed by atoms with Gasteiger partial charge in [-0.25, -0.2) is 0 Å². The number of fused-ring (bicyclic) bond motifs is 1. The number of anilines is 1. The second-order valence-electron chi connectivity index (χ2n) is 11.8. The first-order valence-electron chi connectivity index (χ1n) is 15.5. The van der Waals surface area contributed by atoms with E-state index >= 15 is 0 Å². The standard InChI is InChI=1S/C35H44N4O6/c1-24-21-39(25(2)23-40)35(43)30-20-29(37-33(41)27-11-6-5-7-12-27)13-14-31(30)45-26(3)10-8-9-19-44-32(24)22-38(4)34(42)28-15-17-36-18-16-28/h5-7,11-18,20,24-26,32,40H,8-10,19,21-23H2,1-4H3,(H,37,41)/t24-,25+,26-,32+/m0/s1. The Morgan fingerprint density at radius 3 is 2.51 bits per heavy atom. The molecule has 3 aromatic rings. The molecule has 0 fully saturated rings. The third-order valence-corrected chi connectivity index (χ3v) is 8.07. The van der Waals surface area contributed by atoms with Gasteiger partial charge in [0, 0.05) is 61.9 Å². The Morgan fingerprint density at radius 1 is 1.07 bits per heavy atom. The highest BCUT2D eigenvalue weighted by atomic mass is 16.5. The number of benzene rings is 2. The molecule has 0 saturated heterocycles. The molecule has 45 heavy (non-hydrogen) atoms. The number of aromatic nitrogens is 1. The van der Waals surface area contributed by atoms with Crippen LogP contribution in [0.1, 0.15) is 71.1 Å². The lowest BCUT2D eigenvalue weighted by Gasteiger charge is -2.36. The van der Waals surface area contributed by atoms with E-state index in [9.17, 15) is 19.5 Å². The fourth-order valence-corrected chi connectivity index (χ4v) is 5.32. The topological polar surface area (TPSA) is 121 Å². The maximum absolute atomic E-state index is 14.3. The summed E-state index contributed by atoms with van der Waals surface area (Å²) >= 11 is 0. The van der Waals surface area contributed by atoms with Crippen molar-refractivity contribution in [3.05, 3.63) is 89.7 Å². The quantitative estimate of drug-likeness (QED) is 0.387. The Hall–Kier alpha value is -4.28. The lowest BCUT2D eigenvalue weighted by atomic mass is 10.0. The number of nitrogens with one attached hydrogen (secondary N) is 1. The Balaban J connectivity index is 1.63. The van der Waals surface area contributed by atoms with Crippen LogP contribution >= 0.6 is 0 Å². The summed E-state index contributed by atoms with van der Waals surface area (Å²) in [5.74, 6) is -0.547. The number of nitrogens with zero attached hydrogens (tertiary/aromatic N) is 3. The maximum Gasteiger partial charge on any atom is 0.258 e. The zero-order valence-electron chi connectivity index (χ0n) is 26.5. The van der Waals surface area contributed by atoms with Gasteiger partial charge < -0.3 is 29.7 Å². The number of carbonyl (C=O) groups excluding carboxylic acids is 3. The van der Waals surface area contributed by atoms with Gasteiger partial charge in [0.2, 0.25) is 0 Å². The van der Waals surface area contributed by atoms with Crippen molar-refractivity contribution < 1.29 is 29.0 Å². The van der Waals surface area contributed by atoms with Crippen LogP contribution in [-0.4, -0.2) is 89.2 Å². The van der Waals surface area contributed by atoms with Crippen molar-refractivity contribution in [2.24, 2.45) is 5.92 Å². The second-order valence-corrected chi connectivity index (χ2v) is 11.8. The van der Waals surface area contributed by atoms with E-state index in [2.05, 4.69) is 10.3 Å². The second kappa shape index (κ2) is 16.2. The molecule has 0 radical (unpaired) electrons. The number of ether oxygens (including phenoxy) is 2. The molecule has 1 aromatic heterocycles. The van der Waals surface area contributed by atoms with Crippen molar-refractivity contribution in [2.75, 3.05) is 38.7 Å². The van der Waals surface area contributed by atoms with Crippen LogP contribution in [0, 0.1) is 5.92 Å². The molecular weight excluding hydrogens is 572 g/mol. The van der Waals surface area contributed by atoms with Gasteiger partial charge in [-0.1, -0.05) is 25.1 Å². The summed E-state index contributed by atoms with van der Waals surface area (Å²) < 4.78 is 12.6. The van der Waals surface area contributed by atoms with E-state index in [-0.39, 0.29) is 49.0 Å². The molecule has 240 valence electrons. The van der Waals surface area contributed by atoms with E-state index in [1.807, 2.05) is 19.9 Å². The van der Waals surface area contributed by atoms with Crippen molar-refractivity contribution >= 4 is 23.4 Å². The lowest BCUT2D eigenvalue weighted by molar-refractivity contribution is -0.0149. The van der Waals surface area contributed by atoms with E-state index in [1.54, 1.807) is 90.8 Å². The van der Waals surface area contributed by atoms with Gasteiger partial charge in [-0.05, 0) is 75.6 Å². The third kappa shape index (κ3) is 9.12. The Morgan fingerprint density at radius 2 is 1.80 bits per heavy atom. The van der Waals surface area contributed by atoms with Gasteiger partial charge in [0.05, 0.1) is 30.4 Å². The van der Waals surface area contributed by atoms with Crippen LogP contribution in [0.3, 0.4) is 0 Å². The van der Waals surface area contributed by atoms with Crippen molar-refractivity contribution in [1.29, 1.82) is 0 Å². The summed E-state index contributed by atoms with van der Waals surface area (Å²) in [6.45, 7) is 6.58. The highest BCUT2D eigenvalue weighted by Gasteiger charge is 2.31. The number of aliphatic hydroxyl groups excluding tert-OH is 1. The average molecular weight is 617 g/mol. The SMILES string of the molecule is C[C@H](CO)N1C[C@H](C)[C@@H](CN(C)C(=O)c2ccncc2)OCCCC[C@H](C)Oc2ccc(NC(=O)c3ccccc3)cc2C1=O. The van der Waals surface area contributed by atoms with Crippen molar-refractivity contribution in [2.45, 2.75) is 58.3 Å². The Labute approximate surface area is 265 Å². The van der Waals surface area contributed by atoms with Crippen LogP contribution < -0.4 is 10.1 Å². The molecule has 0 aliphatic carbocycles. The molecule has 0 bridgehead atoms. The zero-order chi connectivity index (χ0) is 32.3. The minimum Gasteiger partial charge on any atom is -0.490 e. The summed E-state index contributed by atoms with van der Waals surface area (Å²) in [6.07, 6.45) is 5.05. The van der Waals surface area contributed by atoms with Gasteiger partial charge in [-0.3, -0.25) is 19.4 Å². The molecule has 0 saturated carbocycles. The summed E-state index contributed by atoms with van der Waals surface area (Å²) in [7, 11) is 1.74. The number of amides is 3. The molecule has 4 rings (SSSR count). The molecule has 2 N–H and O–H groups in total. The average Bonchev–Trinajstić information content (AvgIpc) is 3.06. The largest absolute Gasteiger partial charge is 0.490 e. The molecule has 0 unspecified atom stereocenters. The smallest absolute Gasteiger partial charge is 0.258 e. The predicted molar refractivity (Wildman–Crippen MR) is 172 cm³/mol. The number of hydrogen-bond acceptors (Lipinski definition) is 7. The number of pyridine rings is 1. The van der Waals surface area contributed by atoms with E-state index in [1.165, 1.54) is 0 Å². The molecule has 0 spiro atoms. The number of rotatable bonds is 7. The summed E-state index contributed by atoms with van der Waals surface area (Å²) in [5, 5.41) is 13.1. The van der Waals surface area contributed by atoms with Crippen LogP contribution in [0.5, 0.6) is 5.75 Å². The molecule has 3 amide bonds. The van der Waals surface area contributed by atoms with Gasteiger partial charge in [0.15, 0.2) is 0 Å². The van der Waals surface area contributed by atoms with Gasteiger partial charge in [0.25, 0.3) is 17.7 Å². The number of carbonyl (C=O) groups is 3. The van der Waals surface area contributed by atoms with Crippen LogP contribution in [0.15, 0.2) is 73.1 Å². The maximum atomic E-state index is 14.3. The van der Waals surface area contributed by atoms with Crippen molar-refractivity contribution in [3.63, 3.8) is 0 Å². The fraction of sp³-hybridized carbons (Fsp3) is 0.429. The number of hydrogen-bond donors (Lipinski definition) is 2. The summed E-state index contributed by atoms with van der Waals surface area (Å²) in [5.41, 5.74) is 1.78. The van der Waals surface area contributed by atoms with Gasteiger partial charge in [-0.15, -0.1) is 0 Å². The number of likely N-dealkylation sites (N-methyl/N-ethyl adjacent to an activating group) is 1. The highest BCUT2D eigenvalue weighted by Crippen LogP contribution is 2.29. The zero-order valence-corrected chi connectivity index (χ0v) is 26.5. The monoisotopic (exact) mass is 616 g/mol. The van der Waals surface area contributed by atoms with Crippen LogP contribution in [0.2, 0.25) is 0 Å². The van der Waals surface area contributed by atoms with Gasteiger partial charge in [0.1, 0.15) is 5.75 Å². The first-order chi connectivity index (χ1) is 21.7. The minimum atomic E-state index is -0.516. The molecule has 2 aromatic carbocycles. The van der Waals surface area contributed by atoms with E-state index in [0.29, 0.717) is 41.3 Å². The van der Waals surface area contributed by atoms with Crippen molar-refractivity contribution in [3.8, 4) is 5.75 Å². The number of aliphatic hydroxyl groups is 1. The van der Waals surface area contributed by atoms with Crippen LogP contribution in [0.25, 0.3) is 0 Å².